The van der Waals surface area contributed by atoms with Gasteiger partial charge >= 0.3 is 0 Å². The van der Waals surface area contributed by atoms with E-state index in [-0.39, 0.29) is 35.7 Å². The van der Waals surface area contributed by atoms with Crippen LogP contribution in [0.4, 0.5) is 10.1 Å². The number of hydrogen-bond donors (Lipinski definition) is 3. The molecule has 11 heteroatoms. The van der Waals surface area contributed by atoms with Crippen molar-refractivity contribution < 1.29 is 23.6 Å². The van der Waals surface area contributed by atoms with Gasteiger partial charge in [-0.2, -0.15) is 0 Å². The second-order valence-electron chi connectivity index (χ2n) is 12.9. The fraction of sp³-hybridized carbons (Fsp3) is 0.500. The van der Waals surface area contributed by atoms with Crippen molar-refractivity contribution in [1.29, 1.82) is 0 Å². The fourth-order valence-corrected chi connectivity index (χ4v) is 7.57. The smallest absolute Gasteiger partial charge is 0.253 e. The van der Waals surface area contributed by atoms with Gasteiger partial charge in [-0.1, -0.05) is 63.8 Å². The molecule has 0 bridgehead atoms. The number of thiophene rings is 1. The van der Waals surface area contributed by atoms with E-state index in [9.17, 15) is 19.2 Å². The number of nitrogens with one attached hydrogen (secondary N) is 3. The van der Waals surface area contributed by atoms with Crippen LogP contribution in [0.5, 0.6) is 0 Å². The fourth-order valence-electron chi connectivity index (χ4n) is 6.63. The van der Waals surface area contributed by atoms with Crippen molar-refractivity contribution >= 4 is 50.7 Å². The molecule has 47 heavy (non-hydrogen) atoms. The molecule has 2 aromatic carbocycles. The third kappa shape index (κ3) is 8.37. The summed E-state index contributed by atoms with van der Waals surface area (Å²) in [6.45, 7) is 6.12. The monoisotopic (exact) mass is 663 g/mol. The maximum atomic E-state index is 15.7. The molecular formula is C36H46FN5O4S. The molecule has 3 N–H and O–H groups in total. The number of carbonyl (C=O) groups excluding carboxylic acids is 4. The zero-order chi connectivity index (χ0) is 33.5. The Morgan fingerprint density at radius 2 is 1.66 bits per heavy atom. The molecule has 4 amide bonds. The summed E-state index contributed by atoms with van der Waals surface area (Å²) in [5.41, 5.74) is 1.05. The molecule has 5 rings (SSSR count). The topological polar surface area (TPSA) is 111 Å². The van der Waals surface area contributed by atoms with Crippen LogP contribution in [0, 0.1) is 11.7 Å². The number of halogens is 1. The van der Waals surface area contributed by atoms with Crippen molar-refractivity contribution in [2.45, 2.75) is 76.8 Å². The molecule has 3 atom stereocenters. The Morgan fingerprint density at radius 3 is 2.34 bits per heavy atom. The van der Waals surface area contributed by atoms with Gasteiger partial charge in [0.25, 0.3) is 5.91 Å². The summed E-state index contributed by atoms with van der Waals surface area (Å²) in [7, 11) is 2.00. The second kappa shape index (κ2) is 15.8. The van der Waals surface area contributed by atoms with E-state index in [2.05, 4.69) is 20.9 Å². The standard InChI is InChI=1S/C36H46FN5O4S/c1-4-31(43)39-32(36(46)42-19-17-41(3)18-20-42)23(2)25-15-16-29(28(37)21-25)38-35(45)33(24-11-7-5-6-8-12-24)40-34(44)27-22-47-30-14-10-9-13-26(27)30/h9-10,13-16,21-24,32-33H,4-8,11-12,17-20H2,1-3H3,(H,38,45)(H,39,43)(H,40,44)/t23-,32+,33-/m0/s1. The molecule has 1 aromatic heterocycles. The van der Waals surface area contributed by atoms with Crippen LogP contribution >= 0.6 is 11.3 Å². The summed E-state index contributed by atoms with van der Waals surface area (Å²) in [5, 5.41) is 11.3. The van der Waals surface area contributed by atoms with E-state index in [1.165, 1.54) is 23.5 Å². The minimum Gasteiger partial charge on any atom is -0.344 e. The van der Waals surface area contributed by atoms with Crippen molar-refractivity contribution in [2.75, 3.05) is 38.5 Å². The van der Waals surface area contributed by atoms with Gasteiger partial charge in [-0.25, -0.2) is 4.39 Å². The lowest BCUT2D eigenvalue weighted by atomic mass is 9.90. The molecule has 252 valence electrons. The molecule has 9 nitrogen and oxygen atoms in total. The molecule has 0 spiro atoms. The zero-order valence-electron chi connectivity index (χ0n) is 27.5. The number of rotatable bonds is 10. The lowest BCUT2D eigenvalue weighted by Gasteiger charge is -2.36. The predicted molar refractivity (Wildman–Crippen MR) is 184 cm³/mol. The summed E-state index contributed by atoms with van der Waals surface area (Å²) in [4.78, 5) is 57.2. The van der Waals surface area contributed by atoms with Crippen molar-refractivity contribution in [3.05, 3.63) is 64.8 Å². The molecule has 2 fully saturated rings. The number of fused-ring (bicyclic) bond motifs is 1. The summed E-state index contributed by atoms with van der Waals surface area (Å²) < 4.78 is 16.7. The first-order valence-electron chi connectivity index (χ1n) is 16.8. The second-order valence-corrected chi connectivity index (χ2v) is 13.8. The minimum atomic E-state index is -0.853. The summed E-state index contributed by atoms with van der Waals surface area (Å²) >= 11 is 1.48. The summed E-state index contributed by atoms with van der Waals surface area (Å²) in [5.74, 6) is -2.46. The normalized spacial score (nSPS) is 18.2. The molecule has 1 saturated carbocycles. The van der Waals surface area contributed by atoms with Crippen molar-refractivity contribution in [1.82, 2.24) is 20.4 Å². The summed E-state index contributed by atoms with van der Waals surface area (Å²) in [6, 6.07) is 10.5. The Labute approximate surface area is 280 Å². The largest absolute Gasteiger partial charge is 0.344 e. The van der Waals surface area contributed by atoms with Crippen LogP contribution in [-0.2, 0) is 14.4 Å². The van der Waals surface area contributed by atoms with Gasteiger partial charge in [0.2, 0.25) is 17.7 Å². The van der Waals surface area contributed by atoms with E-state index in [1.54, 1.807) is 24.8 Å². The third-order valence-electron chi connectivity index (χ3n) is 9.66. The van der Waals surface area contributed by atoms with Crippen LogP contribution in [-0.4, -0.2) is 78.7 Å². The van der Waals surface area contributed by atoms with Crippen LogP contribution in [0.1, 0.15) is 80.6 Å². The Balaban J connectivity index is 1.34. The van der Waals surface area contributed by atoms with E-state index in [0.29, 0.717) is 24.2 Å². The van der Waals surface area contributed by atoms with Crippen molar-refractivity contribution in [2.24, 2.45) is 5.92 Å². The highest BCUT2D eigenvalue weighted by Crippen LogP contribution is 2.30. The highest BCUT2D eigenvalue weighted by molar-refractivity contribution is 7.17. The van der Waals surface area contributed by atoms with E-state index < -0.39 is 29.7 Å². The molecule has 3 aromatic rings. The average Bonchev–Trinajstić information content (AvgIpc) is 3.33. The molecule has 0 radical (unpaired) electrons. The molecule has 2 heterocycles. The van der Waals surface area contributed by atoms with Crippen LogP contribution in [0.15, 0.2) is 47.8 Å². The van der Waals surface area contributed by atoms with Gasteiger partial charge in [-0.05, 0) is 49.6 Å². The Bertz CT molecular complexity index is 1580. The van der Waals surface area contributed by atoms with Crippen LogP contribution in [0.3, 0.4) is 0 Å². The van der Waals surface area contributed by atoms with Crippen molar-refractivity contribution in [3.8, 4) is 0 Å². The van der Waals surface area contributed by atoms with Crippen LogP contribution in [0.25, 0.3) is 10.1 Å². The van der Waals surface area contributed by atoms with Gasteiger partial charge < -0.3 is 25.8 Å². The number of nitrogens with zero attached hydrogens (tertiary/aromatic N) is 2. The number of hydrogen-bond acceptors (Lipinski definition) is 6. The minimum absolute atomic E-state index is 0.000609. The number of anilines is 1. The first-order chi connectivity index (χ1) is 22.7. The van der Waals surface area contributed by atoms with Crippen LogP contribution < -0.4 is 16.0 Å². The Morgan fingerprint density at radius 1 is 0.957 bits per heavy atom. The molecule has 1 saturated heterocycles. The lowest BCUT2D eigenvalue weighted by Crippen LogP contribution is -2.55. The van der Waals surface area contributed by atoms with Gasteiger partial charge in [0.15, 0.2) is 0 Å². The molecule has 1 aliphatic heterocycles. The number of benzene rings is 2. The van der Waals surface area contributed by atoms with Gasteiger partial charge in [0, 0.05) is 54.0 Å². The highest BCUT2D eigenvalue weighted by atomic mass is 32.1. The number of piperazine rings is 1. The van der Waals surface area contributed by atoms with E-state index >= 15 is 4.39 Å². The van der Waals surface area contributed by atoms with E-state index in [0.717, 1.165) is 61.7 Å². The first-order valence-corrected chi connectivity index (χ1v) is 17.7. The van der Waals surface area contributed by atoms with E-state index in [4.69, 9.17) is 0 Å². The number of amides is 4. The SMILES string of the molecule is CCC(=O)N[C@@H](C(=O)N1CCN(C)CC1)[C@@H](C)c1ccc(NC(=O)[C@@H](NC(=O)c2csc3ccccc23)C2CCCCCC2)c(F)c1. The lowest BCUT2D eigenvalue weighted by molar-refractivity contribution is -0.138. The summed E-state index contributed by atoms with van der Waals surface area (Å²) in [6.07, 6.45) is 5.92. The molecular weight excluding hydrogens is 617 g/mol. The van der Waals surface area contributed by atoms with E-state index in [1.807, 2.05) is 36.7 Å². The average molecular weight is 664 g/mol. The maximum Gasteiger partial charge on any atom is 0.253 e. The van der Waals surface area contributed by atoms with Gasteiger partial charge in [-0.15, -0.1) is 11.3 Å². The molecule has 2 aliphatic rings. The Kier molecular flexibility index (Phi) is 11.6. The zero-order valence-corrected chi connectivity index (χ0v) is 28.3. The Hall–Kier alpha value is -3.83. The number of carbonyl (C=O) groups is 4. The van der Waals surface area contributed by atoms with Crippen molar-refractivity contribution in [3.63, 3.8) is 0 Å². The molecule has 1 aliphatic carbocycles. The molecule has 0 unspecified atom stereocenters. The quantitative estimate of drug-likeness (QED) is 0.248. The van der Waals surface area contributed by atoms with Gasteiger partial charge in [0.05, 0.1) is 11.3 Å². The van der Waals surface area contributed by atoms with Crippen LogP contribution in [0.2, 0.25) is 0 Å². The van der Waals surface area contributed by atoms with Gasteiger partial charge in [0.1, 0.15) is 17.9 Å². The third-order valence-corrected chi connectivity index (χ3v) is 10.6. The predicted octanol–water partition coefficient (Wildman–Crippen LogP) is 5.52. The highest BCUT2D eigenvalue weighted by Gasteiger charge is 2.34. The first kappa shape index (κ1) is 34.5. The van der Waals surface area contributed by atoms with Gasteiger partial charge in [-0.3, -0.25) is 19.2 Å². The maximum absolute atomic E-state index is 15.7. The number of likely N-dealkylation sites (N-methyl/N-ethyl adjacent to an activating group) is 1.